The number of anilines is 1. The van der Waals surface area contributed by atoms with Gasteiger partial charge in [-0.25, -0.2) is 9.50 Å². The number of halogens is 4. The molecule has 45 heavy (non-hydrogen) atoms. The van der Waals surface area contributed by atoms with Gasteiger partial charge < -0.3 is 14.8 Å². The summed E-state index contributed by atoms with van der Waals surface area (Å²) >= 11 is 3.28. The van der Waals surface area contributed by atoms with E-state index < -0.39 is 17.8 Å². The molecule has 0 unspecified atom stereocenters. The Morgan fingerprint density at radius 3 is 1.91 bits per heavy atom. The van der Waals surface area contributed by atoms with Crippen LogP contribution in [0.4, 0.5) is 18.9 Å². The summed E-state index contributed by atoms with van der Waals surface area (Å²) in [5, 5.41) is 6.76. The van der Waals surface area contributed by atoms with Crippen LogP contribution in [0.2, 0.25) is 0 Å². The van der Waals surface area contributed by atoms with Gasteiger partial charge in [-0.05, 0) is 59.1 Å². The molecule has 0 saturated heterocycles. The van der Waals surface area contributed by atoms with E-state index in [0.717, 1.165) is 17.2 Å². The first-order valence-corrected chi connectivity index (χ1v) is 14.5. The van der Waals surface area contributed by atoms with Crippen LogP contribution in [0.5, 0.6) is 23.0 Å². The van der Waals surface area contributed by atoms with Crippen LogP contribution in [0.1, 0.15) is 27.3 Å². The van der Waals surface area contributed by atoms with Crippen molar-refractivity contribution in [2.24, 2.45) is 0 Å². The van der Waals surface area contributed by atoms with Crippen molar-refractivity contribution in [1.29, 1.82) is 0 Å². The van der Waals surface area contributed by atoms with Crippen molar-refractivity contribution < 1.29 is 27.4 Å². The highest BCUT2D eigenvalue weighted by atomic mass is 79.9. The van der Waals surface area contributed by atoms with Gasteiger partial charge in [-0.2, -0.15) is 18.3 Å². The molecule has 0 saturated carbocycles. The molecule has 1 amide bonds. The van der Waals surface area contributed by atoms with Crippen molar-refractivity contribution in [1.82, 2.24) is 14.6 Å². The number of carbonyl (C=O) groups excluding carboxylic acids is 1. The summed E-state index contributed by atoms with van der Waals surface area (Å²) < 4.78 is 55.4. The Hall–Kier alpha value is -5.16. The predicted octanol–water partition coefficient (Wildman–Crippen LogP) is 9.63. The van der Waals surface area contributed by atoms with Crippen LogP contribution in [0.25, 0.3) is 16.9 Å². The molecular formula is C34H24BrF3N4O3. The van der Waals surface area contributed by atoms with Gasteiger partial charge in [0.2, 0.25) is 0 Å². The fourth-order valence-electron chi connectivity index (χ4n) is 4.64. The Balaban J connectivity index is 1.39. The van der Waals surface area contributed by atoms with Crippen molar-refractivity contribution in [2.75, 3.05) is 5.32 Å². The molecule has 0 spiro atoms. The molecule has 0 aliphatic heterocycles. The molecule has 0 aliphatic rings. The van der Waals surface area contributed by atoms with Crippen LogP contribution in [0.3, 0.4) is 0 Å². The Morgan fingerprint density at radius 2 is 1.36 bits per heavy atom. The molecule has 2 aromatic heterocycles. The fourth-order valence-corrected chi connectivity index (χ4v) is 5.16. The Labute approximate surface area is 264 Å². The highest BCUT2D eigenvalue weighted by Gasteiger charge is 2.36. The van der Waals surface area contributed by atoms with Gasteiger partial charge in [0.15, 0.2) is 17.0 Å². The molecular weight excluding hydrogens is 649 g/mol. The molecule has 4 aromatic carbocycles. The summed E-state index contributed by atoms with van der Waals surface area (Å²) in [4.78, 5) is 18.0. The highest BCUT2D eigenvalue weighted by Crippen LogP contribution is 2.37. The number of benzene rings is 4. The quantitative estimate of drug-likeness (QED) is 0.183. The second-order valence-corrected chi connectivity index (χ2v) is 11.0. The molecule has 6 rings (SSSR count). The minimum atomic E-state index is -4.77. The van der Waals surface area contributed by atoms with Crippen molar-refractivity contribution in [2.45, 2.75) is 20.0 Å². The lowest BCUT2D eigenvalue weighted by Gasteiger charge is -2.14. The molecule has 11 heteroatoms. The van der Waals surface area contributed by atoms with E-state index in [4.69, 9.17) is 9.47 Å². The topological polar surface area (TPSA) is 77.8 Å². The zero-order valence-corrected chi connectivity index (χ0v) is 25.5. The predicted molar refractivity (Wildman–Crippen MR) is 168 cm³/mol. The third-order valence-electron chi connectivity index (χ3n) is 6.89. The number of amides is 1. The van der Waals surface area contributed by atoms with E-state index in [2.05, 4.69) is 31.3 Å². The number of hydrogen-bond donors (Lipinski definition) is 1. The summed E-state index contributed by atoms with van der Waals surface area (Å²) in [7, 11) is 0. The number of para-hydroxylation sites is 2. The maximum absolute atomic E-state index is 14.2. The zero-order chi connectivity index (χ0) is 31.7. The van der Waals surface area contributed by atoms with Crippen LogP contribution in [-0.4, -0.2) is 20.5 Å². The standard InChI is InChI=1S/C34H24BrF3N4O3/c1-20-10-6-8-14-27(20)44-24-16-23(17-25(18-24)45-28-15-9-7-11-21(28)2)39-33(43)31-30(35)32-40-26(22-12-4-3-5-13-22)19-29(34(36,37)38)42(32)41-31/h3-19H,1-2H3,(H,39,43). The van der Waals surface area contributed by atoms with E-state index in [-0.39, 0.29) is 27.2 Å². The van der Waals surface area contributed by atoms with Gasteiger partial charge in [0.1, 0.15) is 23.0 Å². The van der Waals surface area contributed by atoms with Gasteiger partial charge in [0.05, 0.1) is 10.2 Å². The van der Waals surface area contributed by atoms with Crippen LogP contribution < -0.4 is 14.8 Å². The molecule has 0 fully saturated rings. The number of carbonyl (C=O) groups is 1. The van der Waals surface area contributed by atoms with E-state index >= 15 is 0 Å². The molecule has 1 N–H and O–H groups in total. The average Bonchev–Trinajstić information content (AvgIpc) is 3.35. The summed E-state index contributed by atoms with van der Waals surface area (Å²) in [6.45, 7) is 3.80. The lowest BCUT2D eigenvalue weighted by Crippen LogP contribution is -2.16. The number of nitrogens with one attached hydrogen (secondary N) is 1. The van der Waals surface area contributed by atoms with E-state index in [0.29, 0.717) is 33.1 Å². The van der Waals surface area contributed by atoms with Crippen LogP contribution in [0.15, 0.2) is 108 Å². The third-order valence-corrected chi connectivity index (χ3v) is 7.62. The van der Waals surface area contributed by atoms with Gasteiger partial charge in [0.25, 0.3) is 5.91 Å². The number of nitrogens with zero attached hydrogens (tertiary/aromatic N) is 3. The minimum Gasteiger partial charge on any atom is -0.457 e. The first-order chi connectivity index (χ1) is 21.6. The van der Waals surface area contributed by atoms with Gasteiger partial charge in [-0.1, -0.05) is 66.7 Å². The maximum atomic E-state index is 14.2. The minimum absolute atomic E-state index is 0.00646. The first-order valence-electron chi connectivity index (χ1n) is 13.7. The van der Waals surface area contributed by atoms with Crippen molar-refractivity contribution in [3.8, 4) is 34.3 Å². The zero-order valence-electron chi connectivity index (χ0n) is 23.9. The number of aryl methyl sites for hydroxylation is 2. The second kappa shape index (κ2) is 12.1. The molecule has 0 aliphatic carbocycles. The largest absolute Gasteiger partial charge is 0.457 e. The summed E-state index contributed by atoms with van der Waals surface area (Å²) in [5.41, 5.74) is 1.10. The van der Waals surface area contributed by atoms with Crippen molar-refractivity contribution in [3.63, 3.8) is 0 Å². The number of aromatic nitrogens is 3. The van der Waals surface area contributed by atoms with E-state index in [9.17, 15) is 18.0 Å². The number of hydrogen-bond acceptors (Lipinski definition) is 5. The molecule has 0 bridgehead atoms. The van der Waals surface area contributed by atoms with Gasteiger partial charge in [0, 0.05) is 29.4 Å². The third kappa shape index (κ3) is 6.39. The van der Waals surface area contributed by atoms with Gasteiger partial charge >= 0.3 is 6.18 Å². The van der Waals surface area contributed by atoms with Gasteiger partial charge in [-0.15, -0.1) is 0 Å². The summed E-state index contributed by atoms with van der Waals surface area (Å²) in [5.74, 6) is 1.18. The highest BCUT2D eigenvalue weighted by molar-refractivity contribution is 9.10. The molecule has 6 aromatic rings. The molecule has 7 nitrogen and oxygen atoms in total. The van der Waals surface area contributed by atoms with E-state index in [1.54, 1.807) is 48.5 Å². The van der Waals surface area contributed by atoms with E-state index in [1.807, 2.05) is 62.4 Å². The normalized spacial score (nSPS) is 11.4. The maximum Gasteiger partial charge on any atom is 0.433 e. The molecule has 226 valence electrons. The van der Waals surface area contributed by atoms with Crippen LogP contribution in [-0.2, 0) is 6.18 Å². The lowest BCUT2D eigenvalue weighted by atomic mass is 10.1. The van der Waals surface area contributed by atoms with Crippen molar-refractivity contribution >= 4 is 33.2 Å². The molecule has 0 radical (unpaired) electrons. The number of fused-ring (bicyclic) bond motifs is 1. The lowest BCUT2D eigenvalue weighted by molar-refractivity contribution is -0.142. The van der Waals surface area contributed by atoms with Crippen molar-refractivity contribution in [3.05, 3.63) is 130 Å². The van der Waals surface area contributed by atoms with Gasteiger partial charge in [-0.3, -0.25) is 4.79 Å². The SMILES string of the molecule is Cc1ccccc1Oc1cc(NC(=O)c2nn3c(C(F)(F)F)cc(-c4ccccc4)nc3c2Br)cc(Oc2ccccc2C)c1. The Bertz CT molecular complexity index is 1980. The first kappa shape index (κ1) is 29.9. The Morgan fingerprint density at radius 1 is 0.800 bits per heavy atom. The summed E-state index contributed by atoms with van der Waals surface area (Å²) in [6, 6.07) is 29.1. The smallest absolute Gasteiger partial charge is 0.433 e. The monoisotopic (exact) mass is 672 g/mol. The Kier molecular flexibility index (Phi) is 8.03. The molecule has 2 heterocycles. The number of ether oxygens (including phenoxy) is 2. The van der Waals surface area contributed by atoms with Crippen LogP contribution in [0, 0.1) is 13.8 Å². The van der Waals surface area contributed by atoms with Crippen LogP contribution >= 0.6 is 15.9 Å². The average molecular weight is 673 g/mol. The van der Waals surface area contributed by atoms with E-state index in [1.165, 1.54) is 0 Å². The second-order valence-electron chi connectivity index (χ2n) is 10.2. The summed E-state index contributed by atoms with van der Waals surface area (Å²) in [6.07, 6.45) is -4.77. The number of rotatable bonds is 7. The number of alkyl halides is 3. The fraction of sp³-hybridized carbons (Fsp3) is 0.0882. The molecule has 0 atom stereocenters.